The van der Waals surface area contributed by atoms with Crippen molar-refractivity contribution >= 4 is 21.6 Å². The number of fused-ring (bicyclic) bond motifs is 2. The van der Waals surface area contributed by atoms with E-state index < -0.39 is 16.4 Å². The second-order valence-corrected chi connectivity index (χ2v) is 11.4. The van der Waals surface area contributed by atoms with Crippen molar-refractivity contribution in [2.24, 2.45) is 5.92 Å². The second-order valence-electron chi connectivity index (χ2n) is 9.53. The Kier molecular flexibility index (Phi) is 6.51. The van der Waals surface area contributed by atoms with Gasteiger partial charge in [0.1, 0.15) is 0 Å². The summed E-state index contributed by atoms with van der Waals surface area (Å²) in [5.74, 6) is -0.117. The maximum Gasteiger partial charge on any atom is 0.264 e. The molecule has 1 fully saturated rings. The number of benzene rings is 2. The highest BCUT2D eigenvalue weighted by Crippen LogP contribution is 2.51. The SMILES string of the molecule is O=C(NCc1ccncc1)C1CCC2(CC1)CN(S(=O)(=O)c1ccc(C(F)F)cc1)c1ccccc12. The van der Waals surface area contributed by atoms with Gasteiger partial charge in [-0.05, 0) is 67.1 Å². The van der Waals surface area contributed by atoms with Crippen molar-refractivity contribution in [3.63, 3.8) is 0 Å². The Hall–Kier alpha value is -3.33. The molecule has 0 atom stereocenters. The number of pyridine rings is 1. The normalized spacial score (nSPS) is 21.5. The standard InChI is InChI=1S/C27H27F2N3O3S/c28-25(29)20-5-7-22(8-6-20)36(34,35)32-18-27(23-3-1-2-4-24(23)32)13-9-21(10-14-27)26(33)31-17-19-11-15-30-16-12-19/h1-8,11-12,15-16,21,25H,9-10,13-14,17-18H2,(H,31,33). The highest BCUT2D eigenvalue weighted by atomic mass is 32.2. The molecule has 2 aliphatic rings. The summed E-state index contributed by atoms with van der Waals surface area (Å²) >= 11 is 0. The number of carbonyl (C=O) groups excluding carboxylic acids is 1. The van der Waals surface area contributed by atoms with Crippen molar-refractivity contribution in [2.75, 3.05) is 10.8 Å². The zero-order chi connectivity index (χ0) is 25.3. The molecule has 9 heteroatoms. The van der Waals surface area contributed by atoms with Crippen LogP contribution in [0.4, 0.5) is 14.5 Å². The van der Waals surface area contributed by atoms with E-state index in [-0.39, 0.29) is 34.2 Å². The van der Waals surface area contributed by atoms with Crippen LogP contribution in [0.5, 0.6) is 0 Å². The van der Waals surface area contributed by atoms with Crippen LogP contribution in [-0.2, 0) is 26.8 Å². The number of halogens is 2. The Bertz CT molecular complexity index is 1340. The second kappa shape index (κ2) is 9.61. The first kappa shape index (κ1) is 24.4. The molecule has 1 aliphatic carbocycles. The van der Waals surface area contributed by atoms with Gasteiger partial charge in [-0.25, -0.2) is 17.2 Å². The molecule has 0 bridgehead atoms. The molecule has 6 nitrogen and oxygen atoms in total. The van der Waals surface area contributed by atoms with E-state index in [0.717, 1.165) is 23.3 Å². The number of rotatable bonds is 6. The summed E-state index contributed by atoms with van der Waals surface area (Å²) in [5, 5.41) is 3.01. The predicted octanol–water partition coefficient (Wildman–Crippen LogP) is 4.97. The fourth-order valence-corrected chi connectivity index (χ4v) is 6.98. The van der Waals surface area contributed by atoms with Crippen molar-refractivity contribution in [2.45, 2.75) is 49.0 Å². The van der Waals surface area contributed by atoms with E-state index in [1.807, 2.05) is 24.3 Å². The Morgan fingerprint density at radius 3 is 2.36 bits per heavy atom. The highest BCUT2D eigenvalue weighted by molar-refractivity contribution is 7.92. The quantitative estimate of drug-likeness (QED) is 0.507. The van der Waals surface area contributed by atoms with Gasteiger partial charge in [0, 0.05) is 42.4 Å². The van der Waals surface area contributed by atoms with Gasteiger partial charge < -0.3 is 5.32 Å². The average molecular weight is 512 g/mol. The van der Waals surface area contributed by atoms with Crippen LogP contribution < -0.4 is 9.62 Å². The maximum atomic E-state index is 13.6. The molecule has 188 valence electrons. The third-order valence-corrected chi connectivity index (χ3v) is 9.21. The van der Waals surface area contributed by atoms with E-state index >= 15 is 0 Å². The molecule has 1 N–H and O–H groups in total. The topological polar surface area (TPSA) is 79.4 Å². The van der Waals surface area contributed by atoms with Gasteiger partial charge in [0.2, 0.25) is 5.91 Å². The largest absolute Gasteiger partial charge is 0.352 e. The van der Waals surface area contributed by atoms with Crippen LogP contribution >= 0.6 is 0 Å². The lowest BCUT2D eigenvalue weighted by atomic mass is 9.67. The van der Waals surface area contributed by atoms with Gasteiger partial charge in [-0.1, -0.05) is 30.3 Å². The van der Waals surface area contributed by atoms with Gasteiger partial charge in [-0.3, -0.25) is 14.1 Å². The zero-order valence-corrected chi connectivity index (χ0v) is 20.4. The highest BCUT2D eigenvalue weighted by Gasteiger charge is 2.48. The minimum atomic E-state index is -3.93. The fourth-order valence-electron chi connectivity index (χ4n) is 5.41. The van der Waals surface area contributed by atoms with Crippen LogP contribution in [0, 0.1) is 5.92 Å². The third kappa shape index (κ3) is 4.48. The van der Waals surface area contributed by atoms with E-state index in [1.54, 1.807) is 24.5 Å². The molecular formula is C27H27F2N3O3S. The molecule has 1 aromatic heterocycles. The fraction of sp³-hybridized carbons (Fsp3) is 0.333. The Labute approximate surface area is 209 Å². The molecule has 2 aromatic carbocycles. The Morgan fingerprint density at radius 2 is 1.69 bits per heavy atom. The lowest BCUT2D eigenvalue weighted by molar-refractivity contribution is -0.126. The van der Waals surface area contributed by atoms with Crippen molar-refractivity contribution in [1.82, 2.24) is 10.3 Å². The number of aromatic nitrogens is 1. The molecule has 0 radical (unpaired) electrons. The van der Waals surface area contributed by atoms with Gasteiger partial charge in [-0.2, -0.15) is 0 Å². The number of amides is 1. The minimum absolute atomic E-state index is 0.0107. The summed E-state index contributed by atoms with van der Waals surface area (Å²) in [4.78, 5) is 16.8. The monoisotopic (exact) mass is 511 g/mol. The number of hydrogen-bond donors (Lipinski definition) is 1. The molecule has 3 aromatic rings. The summed E-state index contributed by atoms with van der Waals surface area (Å²) in [5.41, 5.74) is 1.98. The minimum Gasteiger partial charge on any atom is -0.352 e. The molecule has 1 aliphatic heterocycles. The zero-order valence-electron chi connectivity index (χ0n) is 19.6. The number of carbonyl (C=O) groups is 1. The molecule has 0 unspecified atom stereocenters. The summed E-state index contributed by atoms with van der Waals surface area (Å²) in [6, 6.07) is 16.0. The molecule has 1 spiro atoms. The van der Waals surface area contributed by atoms with Crippen molar-refractivity contribution in [3.05, 3.63) is 89.7 Å². The van der Waals surface area contributed by atoms with Crippen LogP contribution in [0.1, 0.15) is 48.8 Å². The van der Waals surface area contributed by atoms with E-state index in [0.29, 0.717) is 37.9 Å². The number of anilines is 1. The summed E-state index contributed by atoms with van der Waals surface area (Å²) in [7, 11) is -3.93. The van der Waals surface area contributed by atoms with E-state index in [9.17, 15) is 22.0 Å². The Morgan fingerprint density at radius 1 is 1.03 bits per heavy atom. The van der Waals surface area contributed by atoms with Crippen LogP contribution in [0.2, 0.25) is 0 Å². The number of para-hydroxylation sites is 1. The van der Waals surface area contributed by atoms with Crippen LogP contribution in [0.15, 0.2) is 78.0 Å². The molecular weight excluding hydrogens is 484 g/mol. The van der Waals surface area contributed by atoms with Crippen LogP contribution in [0.3, 0.4) is 0 Å². The van der Waals surface area contributed by atoms with E-state index in [2.05, 4.69) is 10.3 Å². The van der Waals surface area contributed by atoms with Gasteiger partial charge >= 0.3 is 0 Å². The molecule has 1 amide bonds. The predicted molar refractivity (Wildman–Crippen MR) is 132 cm³/mol. The van der Waals surface area contributed by atoms with Gasteiger partial charge in [0.15, 0.2) is 0 Å². The molecule has 36 heavy (non-hydrogen) atoms. The molecule has 0 saturated heterocycles. The number of alkyl halides is 2. The van der Waals surface area contributed by atoms with Gasteiger partial charge in [-0.15, -0.1) is 0 Å². The molecule has 5 rings (SSSR count). The summed E-state index contributed by atoms with van der Waals surface area (Å²) in [6.07, 6.45) is 3.42. The smallest absolute Gasteiger partial charge is 0.264 e. The van der Waals surface area contributed by atoms with Crippen molar-refractivity contribution < 1.29 is 22.0 Å². The number of sulfonamides is 1. The van der Waals surface area contributed by atoms with Crippen LogP contribution in [0.25, 0.3) is 0 Å². The lowest BCUT2D eigenvalue weighted by Gasteiger charge is -2.37. The maximum absolute atomic E-state index is 13.6. The van der Waals surface area contributed by atoms with E-state index in [1.165, 1.54) is 16.4 Å². The van der Waals surface area contributed by atoms with Crippen molar-refractivity contribution in [1.29, 1.82) is 0 Å². The first-order valence-electron chi connectivity index (χ1n) is 12.0. The summed E-state index contributed by atoms with van der Waals surface area (Å²) < 4.78 is 54.5. The van der Waals surface area contributed by atoms with Crippen LogP contribution in [-0.4, -0.2) is 25.9 Å². The molecule has 1 saturated carbocycles. The number of hydrogen-bond acceptors (Lipinski definition) is 4. The van der Waals surface area contributed by atoms with Gasteiger partial charge in [0.05, 0.1) is 10.6 Å². The molecule has 2 heterocycles. The Balaban J connectivity index is 1.32. The number of nitrogens with zero attached hydrogens (tertiary/aromatic N) is 2. The van der Waals surface area contributed by atoms with E-state index in [4.69, 9.17) is 0 Å². The average Bonchev–Trinajstić information content (AvgIpc) is 3.23. The number of nitrogens with one attached hydrogen (secondary N) is 1. The van der Waals surface area contributed by atoms with Crippen molar-refractivity contribution in [3.8, 4) is 0 Å². The first-order chi connectivity index (χ1) is 17.3. The third-order valence-electron chi connectivity index (χ3n) is 7.44. The first-order valence-corrected chi connectivity index (χ1v) is 13.4. The summed E-state index contributed by atoms with van der Waals surface area (Å²) in [6.45, 7) is 0.721. The lowest BCUT2D eigenvalue weighted by Crippen LogP contribution is -2.42. The van der Waals surface area contributed by atoms with Gasteiger partial charge in [0.25, 0.3) is 16.4 Å².